The van der Waals surface area contributed by atoms with Crippen LogP contribution in [0, 0.1) is 0 Å². The quantitative estimate of drug-likeness (QED) is 0.912. The molecular formula is C15H23BrN2O2. The molecule has 0 bridgehead atoms. The maximum Gasteiger partial charge on any atom is 0.172 e. The third kappa shape index (κ3) is 3.45. The first kappa shape index (κ1) is 15.6. The molecule has 1 fully saturated rings. The Kier molecular flexibility index (Phi) is 5.29. The van der Waals surface area contributed by atoms with Gasteiger partial charge < -0.3 is 9.84 Å². The SMILES string of the molecule is CCN1CCN(Cc2cc(Br)c(O)c(OC)c2)CC1C. The number of halogens is 1. The van der Waals surface area contributed by atoms with Crippen molar-refractivity contribution in [1.82, 2.24) is 9.80 Å². The number of piperazine rings is 1. The normalized spacial score (nSPS) is 21.1. The third-order valence-electron chi connectivity index (χ3n) is 3.97. The van der Waals surface area contributed by atoms with Crippen LogP contribution in [-0.4, -0.2) is 54.2 Å². The van der Waals surface area contributed by atoms with E-state index in [0.717, 1.165) is 38.3 Å². The summed E-state index contributed by atoms with van der Waals surface area (Å²) in [7, 11) is 1.58. The molecule has 1 N–H and O–H groups in total. The molecule has 1 aromatic rings. The van der Waals surface area contributed by atoms with Crippen molar-refractivity contribution in [3.8, 4) is 11.5 Å². The number of nitrogens with zero attached hydrogens (tertiary/aromatic N) is 2. The molecule has 1 aliphatic rings. The lowest BCUT2D eigenvalue weighted by Crippen LogP contribution is -2.51. The highest BCUT2D eigenvalue weighted by atomic mass is 79.9. The molecule has 1 saturated heterocycles. The maximum atomic E-state index is 9.84. The van der Waals surface area contributed by atoms with E-state index in [0.29, 0.717) is 16.3 Å². The summed E-state index contributed by atoms with van der Waals surface area (Å²) in [4.78, 5) is 4.96. The van der Waals surface area contributed by atoms with Gasteiger partial charge in [0, 0.05) is 32.2 Å². The predicted octanol–water partition coefficient (Wildman–Crippen LogP) is 2.69. The minimum absolute atomic E-state index is 0.167. The van der Waals surface area contributed by atoms with Gasteiger partial charge in [-0.15, -0.1) is 0 Å². The number of methoxy groups -OCH3 is 1. The lowest BCUT2D eigenvalue weighted by Gasteiger charge is -2.39. The van der Waals surface area contributed by atoms with E-state index in [9.17, 15) is 5.11 Å². The van der Waals surface area contributed by atoms with Crippen LogP contribution < -0.4 is 4.74 Å². The van der Waals surface area contributed by atoms with Crippen LogP contribution in [0.5, 0.6) is 11.5 Å². The molecule has 1 aromatic carbocycles. The number of aromatic hydroxyl groups is 1. The summed E-state index contributed by atoms with van der Waals surface area (Å²) in [5.74, 6) is 0.690. The number of phenols is 1. The van der Waals surface area contributed by atoms with E-state index < -0.39 is 0 Å². The van der Waals surface area contributed by atoms with Crippen molar-refractivity contribution < 1.29 is 9.84 Å². The molecule has 1 heterocycles. The molecule has 112 valence electrons. The first-order valence-electron chi connectivity index (χ1n) is 7.07. The van der Waals surface area contributed by atoms with Crippen molar-refractivity contribution in [2.45, 2.75) is 26.4 Å². The second-order valence-electron chi connectivity index (χ2n) is 5.34. The molecule has 4 nitrogen and oxygen atoms in total. The maximum absolute atomic E-state index is 9.84. The average molecular weight is 343 g/mol. The predicted molar refractivity (Wildman–Crippen MR) is 84.3 cm³/mol. The van der Waals surface area contributed by atoms with Gasteiger partial charge in [0.25, 0.3) is 0 Å². The molecule has 5 heteroatoms. The molecule has 0 amide bonds. The van der Waals surface area contributed by atoms with Crippen molar-refractivity contribution >= 4 is 15.9 Å². The molecule has 20 heavy (non-hydrogen) atoms. The second kappa shape index (κ2) is 6.78. The summed E-state index contributed by atoms with van der Waals surface area (Å²) in [5, 5.41) is 9.84. The Labute approximate surface area is 129 Å². The minimum Gasteiger partial charge on any atom is -0.503 e. The molecule has 0 spiro atoms. The van der Waals surface area contributed by atoms with Gasteiger partial charge in [-0.05, 0) is 47.1 Å². The second-order valence-corrected chi connectivity index (χ2v) is 6.20. The number of phenolic OH excluding ortho intramolecular Hbond substituents is 1. The number of ether oxygens (including phenoxy) is 1. The van der Waals surface area contributed by atoms with E-state index >= 15 is 0 Å². The highest BCUT2D eigenvalue weighted by molar-refractivity contribution is 9.10. The van der Waals surface area contributed by atoms with E-state index in [1.807, 2.05) is 12.1 Å². The summed E-state index contributed by atoms with van der Waals surface area (Å²) in [6, 6.07) is 4.47. The van der Waals surface area contributed by atoms with Gasteiger partial charge in [0.05, 0.1) is 11.6 Å². The van der Waals surface area contributed by atoms with Crippen LogP contribution in [0.25, 0.3) is 0 Å². The summed E-state index contributed by atoms with van der Waals surface area (Å²) in [5.41, 5.74) is 1.16. The van der Waals surface area contributed by atoms with Gasteiger partial charge in [-0.25, -0.2) is 0 Å². The fourth-order valence-corrected chi connectivity index (χ4v) is 3.31. The van der Waals surface area contributed by atoms with Gasteiger partial charge in [0.15, 0.2) is 11.5 Å². The zero-order valence-corrected chi connectivity index (χ0v) is 14.0. The number of likely N-dealkylation sites (N-methyl/N-ethyl adjacent to an activating group) is 1. The Morgan fingerprint density at radius 1 is 1.40 bits per heavy atom. The van der Waals surface area contributed by atoms with Gasteiger partial charge in [-0.1, -0.05) is 6.92 Å². The Morgan fingerprint density at radius 3 is 2.75 bits per heavy atom. The smallest absolute Gasteiger partial charge is 0.172 e. The summed E-state index contributed by atoms with van der Waals surface area (Å²) >= 11 is 3.38. The van der Waals surface area contributed by atoms with Gasteiger partial charge in [0.2, 0.25) is 0 Å². The molecule has 0 radical (unpaired) electrons. The highest BCUT2D eigenvalue weighted by Crippen LogP contribution is 2.35. The van der Waals surface area contributed by atoms with E-state index in [1.165, 1.54) is 0 Å². The number of hydrogen-bond donors (Lipinski definition) is 1. The van der Waals surface area contributed by atoms with Crippen LogP contribution >= 0.6 is 15.9 Å². The first-order chi connectivity index (χ1) is 9.55. The zero-order valence-electron chi connectivity index (χ0n) is 12.4. The molecule has 0 aliphatic carbocycles. The molecule has 2 rings (SSSR count). The Bertz CT molecular complexity index is 467. The lowest BCUT2D eigenvalue weighted by atomic mass is 10.1. The number of rotatable bonds is 4. The van der Waals surface area contributed by atoms with E-state index in [4.69, 9.17) is 4.74 Å². The van der Waals surface area contributed by atoms with Crippen molar-refractivity contribution in [1.29, 1.82) is 0 Å². The highest BCUT2D eigenvalue weighted by Gasteiger charge is 2.22. The molecular weight excluding hydrogens is 320 g/mol. The van der Waals surface area contributed by atoms with Crippen LogP contribution in [0.2, 0.25) is 0 Å². The van der Waals surface area contributed by atoms with Gasteiger partial charge in [0.1, 0.15) is 0 Å². The number of benzene rings is 1. The van der Waals surface area contributed by atoms with Gasteiger partial charge in [-0.3, -0.25) is 9.80 Å². The van der Waals surface area contributed by atoms with Crippen LogP contribution in [0.15, 0.2) is 16.6 Å². The van der Waals surface area contributed by atoms with E-state index in [-0.39, 0.29) is 5.75 Å². The fraction of sp³-hybridized carbons (Fsp3) is 0.600. The molecule has 1 aliphatic heterocycles. The zero-order chi connectivity index (χ0) is 14.7. The van der Waals surface area contributed by atoms with Crippen molar-refractivity contribution in [2.24, 2.45) is 0 Å². The Balaban J connectivity index is 2.06. The van der Waals surface area contributed by atoms with Crippen LogP contribution in [0.3, 0.4) is 0 Å². The lowest BCUT2D eigenvalue weighted by molar-refractivity contribution is 0.0834. The summed E-state index contributed by atoms with van der Waals surface area (Å²) in [6.07, 6.45) is 0. The minimum atomic E-state index is 0.167. The van der Waals surface area contributed by atoms with Crippen LogP contribution in [-0.2, 0) is 6.54 Å². The van der Waals surface area contributed by atoms with Crippen molar-refractivity contribution in [3.05, 3.63) is 22.2 Å². The average Bonchev–Trinajstić information content (AvgIpc) is 2.43. The third-order valence-corrected chi connectivity index (χ3v) is 4.57. The molecule has 0 aromatic heterocycles. The largest absolute Gasteiger partial charge is 0.503 e. The standard InChI is InChI=1S/C15H23BrN2O2/c1-4-18-6-5-17(9-11(18)2)10-12-7-13(16)15(19)14(8-12)20-3/h7-8,11,19H,4-6,9-10H2,1-3H3. The van der Waals surface area contributed by atoms with E-state index in [2.05, 4.69) is 39.6 Å². The van der Waals surface area contributed by atoms with Gasteiger partial charge in [-0.2, -0.15) is 0 Å². The Morgan fingerprint density at radius 2 is 2.15 bits per heavy atom. The molecule has 0 saturated carbocycles. The van der Waals surface area contributed by atoms with Crippen LogP contribution in [0.4, 0.5) is 0 Å². The monoisotopic (exact) mass is 342 g/mol. The first-order valence-corrected chi connectivity index (χ1v) is 7.86. The van der Waals surface area contributed by atoms with Crippen molar-refractivity contribution in [2.75, 3.05) is 33.3 Å². The summed E-state index contributed by atoms with van der Waals surface area (Å²) in [6.45, 7) is 9.78. The summed E-state index contributed by atoms with van der Waals surface area (Å²) < 4.78 is 5.89. The number of hydrogen-bond acceptors (Lipinski definition) is 4. The van der Waals surface area contributed by atoms with Gasteiger partial charge >= 0.3 is 0 Å². The van der Waals surface area contributed by atoms with Crippen LogP contribution in [0.1, 0.15) is 19.4 Å². The topological polar surface area (TPSA) is 35.9 Å². The van der Waals surface area contributed by atoms with Crippen molar-refractivity contribution in [3.63, 3.8) is 0 Å². The Hall–Kier alpha value is -0.780. The fourth-order valence-electron chi connectivity index (χ4n) is 2.82. The molecule has 1 unspecified atom stereocenters. The van der Waals surface area contributed by atoms with E-state index in [1.54, 1.807) is 7.11 Å². The molecule has 1 atom stereocenters.